The van der Waals surface area contributed by atoms with Gasteiger partial charge in [-0.15, -0.1) is 0 Å². The van der Waals surface area contributed by atoms with Crippen LogP contribution >= 0.6 is 0 Å². The van der Waals surface area contributed by atoms with Crippen LogP contribution in [-0.2, 0) is 6.67 Å². The third-order valence-electron chi connectivity index (χ3n) is 2.00. The Balaban J connectivity index is 2.93. The second-order valence-corrected chi connectivity index (χ2v) is 3.10. The van der Waals surface area contributed by atoms with Crippen LogP contribution in [0.25, 0.3) is 0 Å². The maximum Gasteiger partial charge on any atom is 0.121 e. The molecule has 1 rings (SSSR count). The summed E-state index contributed by atoms with van der Waals surface area (Å²) >= 11 is 0. The minimum atomic E-state index is -0.813. The molecule has 0 spiro atoms. The van der Waals surface area contributed by atoms with E-state index in [-0.39, 0.29) is 5.75 Å². The summed E-state index contributed by atoms with van der Waals surface area (Å²) in [5.41, 5.74) is 0.808. The van der Waals surface area contributed by atoms with Gasteiger partial charge in [-0.3, -0.25) is 0 Å². The fraction of sp³-hybridized carbons (Fsp3) is 0.400. The molecule has 0 aromatic heterocycles. The van der Waals surface area contributed by atoms with E-state index in [9.17, 15) is 14.6 Å². The first-order chi connectivity index (χ1) is 6.69. The number of rotatable bonds is 4. The highest BCUT2D eigenvalue weighted by Gasteiger charge is 2.11. The van der Waals surface area contributed by atoms with Crippen LogP contribution in [0.2, 0.25) is 0 Å². The van der Waals surface area contributed by atoms with E-state index in [0.29, 0.717) is 17.7 Å². The van der Waals surface area contributed by atoms with E-state index in [0.717, 1.165) is 0 Å². The Morgan fingerprint density at radius 2 is 2.21 bits per heavy atom. The first kappa shape index (κ1) is 10.9. The Kier molecular flexibility index (Phi) is 3.85. The van der Waals surface area contributed by atoms with E-state index < -0.39 is 12.8 Å². The lowest BCUT2D eigenvalue weighted by Crippen LogP contribution is -2.16. The molecule has 1 aromatic rings. The molecule has 3 nitrogen and oxygen atoms in total. The summed E-state index contributed by atoms with van der Waals surface area (Å²) in [5.74, 6) is -0.00931. The lowest BCUT2D eigenvalue weighted by Gasteiger charge is -2.12. The molecule has 0 radical (unpaired) electrons. The smallest absolute Gasteiger partial charge is 0.121 e. The van der Waals surface area contributed by atoms with Gasteiger partial charge >= 0.3 is 0 Å². The maximum atomic E-state index is 12.3. The lowest BCUT2D eigenvalue weighted by molar-refractivity contribution is 0.174. The molecule has 1 atom stereocenters. The van der Waals surface area contributed by atoms with Crippen molar-refractivity contribution in [1.82, 2.24) is 5.32 Å². The highest BCUT2D eigenvalue weighted by molar-refractivity contribution is 5.37. The summed E-state index contributed by atoms with van der Waals surface area (Å²) in [7, 11) is 1.69. The van der Waals surface area contributed by atoms with Crippen LogP contribution in [0.3, 0.4) is 0 Å². The molecule has 0 heterocycles. The van der Waals surface area contributed by atoms with Gasteiger partial charge in [-0.1, -0.05) is 6.07 Å². The van der Waals surface area contributed by atoms with E-state index in [4.69, 9.17) is 0 Å². The number of aromatic hydroxyl groups is 1. The van der Waals surface area contributed by atoms with Crippen molar-refractivity contribution in [3.05, 3.63) is 29.3 Å². The standard InChI is InChI=1S/C10H14FNO2/c1-12-6-10(14)8-4-7(5-11)2-3-9(8)13/h2-4,10,12-14H,5-6H2,1H3. The Labute approximate surface area is 82.2 Å². The van der Waals surface area contributed by atoms with Gasteiger partial charge in [0.15, 0.2) is 0 Å². The van der Waals surface area contributed by atoms with Gasteiger partial charge in [-0.25, -0.2) is 4.39 Å². The minimum absolute atomic E-state index is 0.00931. The summed E-state index contributed by atoms with van der Waals surface area (Å²) in [4.78, 5) is 0. The zero-order valence-corrected chi connectivity index (χ0v) is 8.00. The van der Waals surface area contributed by atoms with E-state index >= 15 is 0 Å². The number of aliphatic hydroxyl groups excluding tert-OH is 1. The van der Waals surface area contributed by atoms with Crippen LogP contribution in [0.4, 0.5) is 4.39 Å². The Morgan fingerprint density at radius 1 is 1.50 bits per heavy atom. The van der Waals surface area contributed by atoms with Crippen molar-refractivity contribution in [2.75, 3.05) is 13.6 Å². The molecule has 1 unspecified atom stereocenters. The van der Waals surface area contributed by atoms with E-state index in [1.165, 1.54) is 18.2 Å². The van der Waals surface area contributed by atoms with Crippen LogP contribution in [-0.4, -0.2) is 23.8 Å². The van der Waals surface area contributed by atoms with Crippen LogP contribution < -0.4 is 5.32 Å². The number of halogens is 1. The van der Waals surface area contributed by atoms with Crippen molar-refractivity contribution in [1.29, 1.82) is 0 Å². The fourth-order valence-corrected chi connectivity index (χ4v) is 1.26. The average molecular weight is 199 g/mol. The average Bonchev–Trinajstić information content (AvgIpc) is 2.19. The van der Waals surface area contributed by atoms with Gasteiger partial charge in [0, 0.05) is 12.1 Å². The largest absolute Gasteiger partial charge is 0.508 e. The monoisotopic (exact) mass is 199 g/mol. The quantitative estimate of drug-likeness (QED) is 0.681. The topological polar surface area (TPSA) is 52.5 Å². The van der Waals surface area contributed by atoms with Gasteiger partial charge < -0.3 is 15.5 Å². The van der Waals surface area contributed by atoms with Crippen molar-refractivity contribution >= 4 is 0 Å². The van der Waals surface area contributed by atoms with Crippen LogP contribution in [0.1, 0.15) is 17.2 Å². The zero-order chi connectivity index (χ0) is 10.6. The van der Waals surface area contributed by atoms with E-state index in [1.54, 1.807) is 7.05 Å². The summed E-state index contributed by atoms with van der Waals surface area (Å²) < 4.78 is 12.3. The SMILES string of the molecule is CNCC(O)c1cc(CF)ccc1O. The Hall–Kier alpha value is -1.13. The molecular weight excluding hydrogens is 185 g/mol. The van der Waals surface area contributed by atoms with Crippen molar-refractivity contribution in [3.63, 3.8) is 0 Å². The molecule has 0 bridgehead atoms. The molecule has 0 aliphatic heterocycles. The predicted molar refractivity (Wildman–Crippen MR) is 51.8 cm³/mol. The third-order valence-corrected chi connectivity index (χ3v) is 2.00. The van der Waals surface area contributed by atoms with Gasteiger partial charge in [-0.05, 0) is 24.7 Å². The molecule has 14 heavy (non-hydrogen) atoms. The molecule has 0 aliphatic carbocycles. The molecule has 1 aromatic carbocycles. The molecule has 78 valence electrons. The molecular formula is C10H14FNO2. The molecule has 0 saturated carbocycles. The summed E-state index contributed by atoms with van der Waals surface area (Å²) in [6, 6.07) is 4.35. The summed E-state index contributed by atoms with van der Waals surface area (Å²) in [6.07, 6.45) is -0.813. The first-order valence-electron chi connectivity index (χ1n) is 4.39. The van der Waals surface area contributed by atoms with E-state index in [1.807, 2.05) is 0 Å². The van der Waals surface area contributed by atoms with Gasteiger partial charge in [0.25, 0.3) is 0 Å². The maximum absolute atomic E-state index is 12.3. The molecule has 0 amide bonds. The lowest BCUT2D eigenvalue weighted by atomic mass is 10.1. The van der Waals surface area contributed by atoms with Crippen molar-refractivity contribution in [2.45, 2.75) is 12.8 Å². The molecule has 0 aliphatic rings. The van der Waals surface area contributed by atoms with Gasteiger partial charge in [0.1, 0.15) is 12.4 Å². The third kappa shape index (κ3) is 2.43. The Bertz CT molecular complexity index is 304. The fourth-order valence-electron chi connectivity index (χ4n) is 1.26. The van der Waals surface area contributed by atoms with Crippen molar-refractivity contribution in [2.24, 2.45) is 0 Å². The minimum Gasteiger partial charge on any atom is -0.508 e. The highest BCUT2D eigenvalue weighted by Crippen LogP contribution is 2.25. The normalized spacial score (nSPS) is 12.8. The highest BCUT2D eigenvalue weighted by atomic mass is 19.1. The molecule has 0 saturated heterocycles. The number of nitrogens with one attached hydrogen (secondary N) is 1. The van der Waals surface area contributed by atoms with Crippen LogP contribution in [0.5, 0.6) is 5.75 Å². The summed E-state index contributed by atoms with van der Waals surface area (Å²) in [6.45, 7) is -0.275. The number of aliphatic hydroxyl groups is 1. The number of benzene rings is 1. The van der Waals surface area contributed by atoms with Crippen LogP contribution in [0, 0.1) is 0 Å². The molecule has 0 fully saturated rings. The number of likely N-dealkylation sites (N-methyl/N-ethyl adjacent to an activating group) is 1. The number of alkyl halides is 1. The predicted octanol–water partition coefficient (Wildman–Crippen LogP) is 1.11. The van der Waals surface area contributed by atoms with Crippen molar-refractivity contribution in [3.8, 4) is 5.75 Å². The number of phenols is 1. The number of hydrogen-bond donors (Lipinski definition) is 3. The molecule has 3 N–H and O–H groups in total. The van der Waals surface area contributed by atoms with Gasteiger partial charge in [-0.2, -0.15) is 0 Å². The van der Waals surface area contributed by atoms with Gasteiger partial charge in [0.05, 0.1) is 6.10 Å². The zero-order valence-electron chi connectivity index (χ0n) is 8.00. The number of hydrogen-bond acceptors (Lipinski definition) is 3. The first-order valence-corrected chi connectivity index (χ1v) is 4.39. The second-order valence-electron chi connectivity index (χ2n) is 3.10. The van der Waals surface area contributed by atoms with Gasteiger partial charge in [0.2, 0.25) is 0 Å². The molecule has 4 heteroatoms. The summed E-state index contributed by atoms with van der Waals surface area (Å²) in [5, 5.41) is 21.8. The second kappa shape index (κ2) is 4.93. The number of phenolic OH excluding ortho intramolecular Hbond substituents is 1. The van der Waals surface area contributed by atoms with E-state index in [2.05, 4.69) is 5.32 Å². The van der Waals surface area contributed by atoms with Crippen molar-refractivity contribution < 1.29 is 14.6 Å². The Morgan fingerprint density at radius 3 is 2.79 bits per heavy atom. The van der Waals surface area contributed by atoms with Crippen LogP contribution in [0.15, 0.2) is 18.2 Å².